The second-order valence-corrected chi connectivity index (χ2v) is 8.72. The Kier molecular flexibility index (Phi) is 5.58. The molecule has 0 aliphatic carbocycles. The van der Waals surface area contributed by atoms with Crippen LogP contribution in [0.1, 0.15) is 40.5 Å². The second-order valence-electron chi connectivity index (χ2n) is 7.52. The number of carbonyl (C=O) groups is 1. The molecule has 1 N–H and O–H groups in total. The highest BCUT2D eigenvalue weighted by Crippen LogP contribution is 2.27. The molecule has 3 heterocycles. The molecule has 30 heavy (non-hydrogen) atoms. The van der Waals surface area contributed by atoms with Gasteiger partial charge in [0.25, 0.3) is 5.56 Å². The lowest BCUT2D eigenvalue weighted by atomic mass is 10.1. The molecule has 1 aromatic carbocycles. The molecule has 0 aliphatic rings. The van der Waals surface area contributed by atoms with E-state index in [1.54, 1.807) is 22.1 Å². The molecule has 0 bridgehead atoms. The van der Waals surface area contributed by atoms with E-state index in [-0.39, 0.29) is 17.9 Å². The number of aromatic nitrogens is 3. The first-order valence-electron chi connectivity index (χ1n) is 10.3. The fourth-order valence-corrected chi connectivity index (χ4v) is 4.87. The monoisotopic (exact) mass is 422 g/mol. The van der Waals surface area contributed by atoms with Gasteiger partial charge in [0.05, 0.1) is 18.5 Å². The van der Waals surface area contributed by atoms with Crippen molar-refractivity contribution in [2.24, 2.45) is 0 Å². The molecule has 156 valence electrons. The molecular weight excluding hydrogens is 396 g/mol. The molecular formula is C23H26N4O2S. The molecule has 0 fully saturated rings. The van der Waals surface area contributed by atoms with E-state index < -0.39 is 0 Å². The molecule has 0 unspecified atom stereocenters. The van der Waals surface area contributed by atoms with Crippen molar-refractivity contribution in [2.75, 3.05) is 13.1 Å². The van der Waals surface area contributed by atoms with Crippen molar-refractivity contribution in [3.63, 3.8) is 0 Å². The number of rotatable bonds is 7. The minimum absolute atomic E-state index is 0.0193. The second kappa shape index (κ2) is 8.16. The quantitative estimate of drug-likeness (QED) is 0.451. The average Bonchev–Trinajstić information content (AvgIpc) is 3.29. The number of nitrogens with zero attached hydrogens (tertiary/aromatic N) is 3. The topological polar surface area (TPSA) is 71.0 Å². The number of fused-ring (bicyclic) bond motifs is 2. The van der Waals surface area contributed by atoms with Crippen molar-refractivity contribution in [2.45, 2.75) is 40.8 Å². The Balaban J connectivity index is 1.83. The standard InChI is InChI=1S/C23H26N4O2S/c1-5-26(6-2)13-20-25-22-21(14(3)15(4)30-22)23(29)27(20)12-19(28)17-11-24-18-10-8-7-9-16(17)18/h7-11,24H,5-6,12-13H2,1-4H3. The Hall–Kier alpha value is -2.77. The molecule has 7 heteroatoms. The van der Waals surface area contributed by atoms with Gasteiger partial charge in [-0.25, -0.2) is 4.98 Å². The van der Waals surface area contributed by atoms with Crippen molar-refractivity contribution in [1.29, 1.82) is 0 Å². The Bertz CT molecular complexity index is 1290. The number of benzene rings is 1. The molecule has 0 spiro atoms. The van der Waals surface area contributed by atoms with Gasteiger partial charge in [-0.05, 0) is 38.6 Å². The highest BCUT2D eigenvalue weighted by Gasteiger charge is 2.21. The lowest BCUT2D eigenvalue weighted by molar-refractivity contribution is 0.0969. The molecule has 0 saturated carbocycles. The molecule has 0 atom stereocenters. The van der Waals surface area contributed by atoms with Crippen LogP contribution >= 0.6 is 11.3 Å². The molecule has 3 aromatic heterocycles. The minimum Gasteiger partial charge on any atom is -0.360 e. The van der Waals surface area contributed by atoms with Gasteiger partial charge in [0.1, 0.15) is 10.7 Å². The van der Waals surface area contributed by atoms with Crippen LogP contribution in [0.5, 0.6) is 0 Å². The first-order valence-corrected chi connectivity index (χ1v) is 11.1. The van der Waals surface area contributed by atoms with Crippen LogP contribution in [0, 0.1) is 13.8 Å². The third kappa shape index (κ3) is 3.48. The Morgan fingerprint density at radius 2 is 1.93 bits per heavy atom. The summed E-state index contributed by atoms with van der Waals surface area (Å²) in [6.07, 6.45) is 1.73. The number of ketones is 1. The highest BCUT2D eigenvalue weighted by atomic mass is 32.1. The van der Waals surface area contributed by atoms with Crippen LogP contribution in [0.25, 0.3) is 21.1 Å². The van der Waals surface area contributed by atoms with E-state index in [9.17, 15) is 9.59 Å². The molecule has 0 saturated heterocycles. The smallest absolute Gasteiger partial charge is 0.263 e. The van der Waals surface area contributed by atoms with Crippen LogP contribution in [-0.2, 0) is 13.1 Å². The SMILES string of the molecule is CCN(CC)Cc1nc2sc(C)c(C)c2c(=O)n1CC(=O)c1c[nH]c2ccccc12. The summed E-state index contributed by atoms with van der Waals surface area (Å²) < 4.78 is 1.57. The molecule has 4 rings (SSSR count). The summed E-state index contributed by atoms with van der Waals surface area (Å²) in [4.78, 5) is 38.7. The number of hydrogen-bond donors (Lipinski definition) is 1. The first-order chi connectivity index (χ1) is 14.4. The van der Waals surface area contributed by atoms with Crippen molar-refractivity contribution < 1.29 is 4.79 Å². The summed E-state index contributed by atoms with van der Waals surface area (Å²) in [5.41, 5.74) is 2.34. The lowest BCUT2D eigenvalue weighted by Gasteiger charge is -2.20. The van der Waals surface area contributed by atoms with E-state index in [0.717, 1.165) is 39.3 Å². The van der Waals surface area contributed by atoms with E-state index in [0.29, 0.717) is 23.3 Å². The Morgan fingerprint density at radius 3 is 2.67 bits per heavy atom. The Labute approximate surface area is 179 Å². The molecule has 0 radical (unpaired) electrons. The summed E-state index contributed by atoms with van der Waals surface area (Å²) in [5.74, 6) is 0.548. The summed E-state index contributed by atoms with van der Waals surface area (Å²) in [5, 5.41) is 1.50. The molecule has 0 amide bonds. The summed E-state index contributed by atoms with van der Waals surface area (Å²) in [6.45, 7) is 10.3. The predicted molar refractivity (Wildman–Crippen MR) is 123 cm³/mol. The van der Waals surface area contributed by atoms with Crippen molar-refractivity contribution in [1.82, 2.24) is 19.4 Å². The van der Waals surface area contributed by atoms with Gasteiger partial charge in [-0.15, -0.1) is 11.3 Å². The number of H-pyrrole nitrogens is 1. The molecule has 0 aliphatic heterocycles. The number of aromatic amines is 1. The number of para-hydroxylation sites is 1. The van der Waals surface area contributed by atoms with E-state index in [4.69, 9.17) is 4.98 Å². The van der Waals surface area contributed by atoms with Gasteiger partial charge in [-0.1, -0.05) is 32.0 Å². The fourth-order valence-electron chi connectivity index (χ4n) is 3.83. The van der Waals surface area contributed by atoms with E-state index in [1.165, 1.54) is 0 Å². The van der Waals surface area contributed by atoms with Gasteiger partial charge >= 0.3 is 0 Å². The van der Waals surface area contributed by atoms with Gasteiger partial charge in [-0.2, -0.15) is 0 Å². The average molecular weight is 423 g/mol. The van der Waals surface area contributed by atoms with Gasteiger partial charge in [0.2, 0.25) is 0 Å². The maximum Gasteiger partial charge on any atom is 0.263 e. The number of carbonyl (C=O) groups excluding carboxylic acids is 1. The summed E-state index contributed by atoms with van der Waals surface area (Å²) in [6, 6.07) is 7.71. The van der Waals surface area contributed by atoms with Gasteiger partial charge in [-0.3, -0.25) is 19.1 Å². The van der Waals surface area contributed by atoms with Crippen molar-refractivity contribution >= 4 is 38.2 Å². The first kappa shape index (κ1) is 20.5. The third-order valence-electron chi connectivity index (χ3n) is 5.82. The highest BCUT2D eigenvalue weighted by molar-refractivity contribution is 7.18. The normalized spacial score (nSPS) is 11.8. The zero-order valence-corrected chi connectivity index (χ0v) is 18.6. The third-order valence-corrected chi connectivity index (χ3v) is 6.92. The number of hydrogen-bond acceptors (Lipinski definition) is 5. The maximum absolute atomic E-state index is 13.5. The Morgan fingerprint density at radius 1 is 1.20 bits per heavy atom. The number of nitrogens with one attached hydrogen (secondary N) is 1. The van der Waals surface area contributed by atoms with Crippen molar-refractivity contribution in [3.8, 4) is 0 Å². The predicted octanol–water partition coefficient (Wildman–Crippen LogP) is 4.28. The van der Waals surface area contributed by atoms with E-state index >= 15 is 0 Å². The maximum atomic E-state index is 13.5. The van der Waals surface area contributed by atoms with Crippen LogP contribution in [0.2, 0.25) is 0 Å². The minimum atomic E-state index is -0.128. The van der Waals surface area contributed by atoms with Crippen LogP contribution < -0.4 is 5.56 Å². The number of thiophene rings is 1. The van der Waals surface area contributed by atoms with Crippen molar-refractivity contribution in [3.05, 3.63) is 62.6 Å². The van der Waals surface area contributed by atoms with Crippen LogP contribution in [0.4, 0.5) is 0 Å². The molecule has 6 nitrogen and oxygen atoms in total. The van der Waals surface area contributed by atoms with Crippen LogP contribution in [-0.4, -0.2) is 38.3 Å². The zero-order valence-electron chi connectivity index (χ0n) is 17.8. The van der Waals surface area contributed by atoms with Gasteiger partial charge in [0, 0.05) is 27.5 Å². The zero-order chi connectivity index (χ0) is 21.4. The summed E-state index contributed by atoms with van der Waals surface area (Å²) in [7, 11) is 0. The lowest BCUT2D eigenvalue weighted by Crippen LogP contribution is -2.33. The van der Waals surface area contributed by atoms with Gasteiger partial charge < -0.3 is 4.98 Å². The largest absolute Gasteiger partial charge is 0.360 e. The van der Waals surface area contributed by atoms with Crippen LogP contribution in [0.15, 0.2) is 35.3 Å². The van der Waals surface area contributed by atoms with E-state index in [1.807, 2.05) is 38.1 Å². The number of Topliss-reactive ketones (excluding diaryl/α,β-unsaturated/α-hetero) is 1. The van der Waals surface area contributed by atoms with E-state index in [2.05, 4.69) is 23.7 Å². The molecule has 4 aromatic rings. The van der Waals surface area contributed by atoms with Gasteiger partial charge in [0.15, 0.2) is 5.78 Å². The summed E-state index contributed by atoms with van der Waals surface area (Å²) >= 11 is 1.54. The van der Waals surface area contributed by atoms with Crippen LogP contribution in [0.3, 0.4) is 0 Å². The fraction of sp³-hybridized carbons (Fsp3) is 0.348. The number of aryl methyl sites for hydroxylation is 2.